The van der Waals surface area contributed by atoms with Crippen molar-refractivity contribution in [2.24, 2.45) is 5.10 Å². The summed E-state index contributed by atoms with van der Waals surface area (Å²) in [5, 5.41) is 4.61. The van der Waals surface area contributed by atoms with Crippen LogP contribution in [0.2, 0.25) is 5.02 Å². The van der Waals surface area contributed by atoms with Crippen molar-refractivity contribution in [3.8, 4) is 17.2 Å². The number of hydrogen-bond acceptors (Lipinski definition) is 7. The highest BCUT2D eigenvalue weighted by molar-refractivity contribution is 9.10. The normalized spacial score (nSPS) is 11.2. The molecule has 12 heteroatoms. The minimum Gasteiger partial charge on any atom is -0.497 e. The number of rotatable bonds is 12. The van der Waals surface area contributed by atoms with Crippen molar-refractivity contribution >= 4 is 55.4 Å². The van der Waals surface area contributed by atoms with Gasteiger partial charge in [-0.1, -0.05) is 54.1 Å². The van der Waals surface area contributed by atoms with E-state index in [0.717, 1.165) is 9.87 Å². The highest BCUT2D eigenvalue weighted by atomic mass is 79.9. The van der Waals surface area contributed by atoms with E-state index in [9.17, 15) is 13.2 Å². The topological polar surface area (TPSA) is 107 Å². The molecular weight excluding hydrogens is 646 g/mol. The van der Waals surface area contributed by atoms with Crippen LogP contribution in [-0.2, 0) is 21.4 Å². The molecule has 0 bridgehead atoms. The largest absolute Gasteiger partial charge is 0.497 e. The molecule has 1 N–H and O–H groups in total. The predicted molar refractivity (Wildman–Crippen MR) is 166 cm³/mol. The van der Waals surface area contributed by atoms with Crippen molar-refractivity contribution in [2.45, 2.75) is 11.5 Å². The molecule has 218 valence electrons. The second-order valence-electron chi connectivity index (χ2n) is 8.73. The van der Waals surface area contributed by atoms with Gasteiger partial charge >= 0.3 is 0 Å². The van der Waals surface area contributed by atoms with Crippen LogP contribution in [0.3, 0.4) is 0 Å². The van der Waals surface area contributed by atoms with Gasteiger partial charge < -0.3 is 14.2 Å². The van der Waals surface area contributed by atoms with Gasteiger partial charge in [-0.15, -0.1) is 0 Å². The molecule has 0 fully saturated rings. The molecule has 0 radical (unpaired) electrons. The number of nitrogens with zero attached hydrogens (tertiary/aromatic N) is 2. The summed E-state index contributed by atoms with van der Waals surface area (Å²) in [4.78, 5) is 13.0. The van der Waals surface area contributed by atoms with Crippen LogP contribution in [-0.4, -0.2) is 41.3 Å². The van der Waals surface area contributed by atoms with E-state index in [1.54, 1.807) is 54.6 Å². The first kappa shape index (κ1) is 30.9. The van der Waals surface area contributed by atoms with Gasteiger partial charge in [0.2, 0.25) is 0 Å². The van der Waals surface area contributed by atoms with Gasteiger partial charge in [0.25, 0.3) is 15.9 Å². The molecule has 1 amide bonds. The smallest absolute Gasteiger partial charge is 0.264 e. The lowest BCUT2D eigenvalue weighted by Crippen LogP contribution is -2.39. The SMILES string of the molecule is COc1cccc(N(CC(=O)N/N=C\c2cc(Br)c(OCc3ccccc3Cl)c(OC)c2)S(=O)(=O)c2ccccc2)c1. The van der Waals surface area contributed by atoms with Gasteiger partial charge in [-0.05, 0) is 64.0 Å². The van der Waals surface area contributed by atoms with Gasteiger partial charge in [0, 0.05) is 16.7 Å². The van der Waals surface area contributed by atoms with Crippen LogP contribution in [0.4, 0.5) is 5.69 Å². The molecule has 0 heterocycles. The molecule has 0 saturated carbocycles. The van der Waals surface area contributed by atoms with Gasteiger partial charge in [0.15, 0.2) is 11.5 Å². The van der Waals surface area contributed by atoms with Gasteiger partial charge in [0.05, 0.1) is 35.5 Å². The Morgan fingerprint density at radius 3 is 2.43 bits per heavy atom. The molecule has 0 aliphatic rings. The fourth-order valence-corrected chi connectivity index (χ4v) is 6.06. The third-order valence-electron chi connectivity index (χ3n) is 5.94. The average Bonchev–Trinajstić information content (AvgIpc) is 3.00. The lowest BCUT2D eigenvalue weighted by atomic mass is 10.2. The number of halogens is 2. The molecule has 9 nitrogen and oxygen atoms in total. The molecule has 0 saturated heterocycles. The lowest BCUT2D eigenvalue weighted by Gasteiger charge is -2.24. The highest BCUT2D eigenvalue weighted by Crippen LogP contribution is 2.37. The first-order valence-electron chi connectivity index (χ1n) is 12.5. The monoisotopic (exact) mass is 671 g/mol. The van der Waals surface area contributed by atoms with Crippen molar-refractivity contribution in [3.63, 3.8) is 0 Å². The van der Waals surface area contributed by atoms with Crippen LogP contribution in [0, 0.1) is 0 Å². The summed E-state index contributed by atoms with van der Waals surface area (Å²) < 4.78 is 45.3. The van der Waals surface area contributed by atoms with Crippen LogP contribution in [0.5, 0.6) is 17.2 Å². The number of hydrogen-bond donors (Lipinski definition) is 1. The van der Waals surface area contributed by atoms with Crippen LogP contribution >= 0.6 is 27.5 Å². The van der Waals surface area contributed by atoms with E-state index in [4.69, 9.17) is 25.8 Å². The van der Waals surface area contributed by atoms with E-state index in [0.29, 0.717) is 32.3 Å². The quantitative estimate of drug-likeness (QED) is 0.145. The number of benzene rings is 4. The Morgan fingerprint density at radius 1 is 0.976 bits per heavy atom. The summed E-state index contributed by atoms with van der Waals surface area (Å²) in [6.07, 6.45) is 1.41. The zero-order chi connectivity index (χ0) is 30.1. The minimum absolute atomic E-state index is 0.0397. The number of amides is 1. The Labute approximate surface area is 257 Å². The third kappa shape index (κ3) is 7.61. The number of anilines is 1. The van der Waals surface area contributed by atoms with Crippen LogP contribution in [0.1, 0.15) is 11.1 Å². The van der Waals surface area contributed by atoms with E-state index in [1.165, 1.54) is 38.6 Å². The Morgan fingerprint density at radius 2 is 1.71 bits per heavy atom. The van der Waals surface area contributed by atoms with E-state index in [2.05, 4.69) is 26.5 Å². The molecule has 4 aromatic carbocycles. The predicted octanol–water partition coefficient (Wildman–Crippen LogP) is 6.04. The maximum absolute atomic E-state index is 13.5. The Kier molecular flexibility index (Phi) is 10.5. The molecule has 0 unspecified atom stereocenters. The van der Waals surface area contributed by atoms with Gasteiger partial charge in [-0.3, -0.25) is 9.10 Å². The number of ether oxygens (including phenoxy) is 3. The second kappa shape index (κ2) is 14.2. The number of hydrazone groups is 1. The van der Waals surface area contributed by atoms with Gasteiger partial charge in [-0.2, -0.15) is 5.10 Å². The second-order valence-corrected chi connectivity index (χ2v) is 11.9. The van der Waals surface area contributed by atoms with Crippen molar-refractivity contribution in [1.29, 1.82) is 0 Å². The Hall–Kier alpha value is -4.06. The third-order valence-corrected chi connectivity index (χ3v) is 8.69. The highest BCUT2D eigenvalue weighted by Gasteiger charge is 2.27. The summed E-state index contributed by atoms with van der Waals surface area (Å²) in [5.74, 6) is 0.693. The lowest BCUT2D eigenvalue weighted by molar-refractivity contribution is -0.119. The summed E-state index contributed by atoms with van der Waals surface area (Å²) in [6, 6.07) is 25.1. The molecule has 0 spiro atoms. The molecule has 0 aromatic heterocycles. The number of carbonyl (C=O) groups excluding carboxylic acids is 1. The maximum atomic E-state index is 13.5. The average molecular weight is 673 g/mol. The zero-order valence-corrected chi connectivity index (χ0v) is 25.8. The fourth-order valence-electron chi connectivity index (χ4n) is 3.86. The van der Waals surface area contributed by atoms with Crippen LogP contribution < -0.4 is 23.9 Å². The first-order valence-corrected chi connectivity index (χ1v) is 15.1. The van der Waals surface area contributed by atoms with Crippen molar-refractivity contribution in [3.05, 3.63) is 112 Å². The Bertz CT molecular complexity index is 1690. The van der Waals surface area contributed by atoms with Crippen molar-refractivity contribution in [1.82, 2.24) is 5.43 Å². The minimum atomic E-state index is -4.08. The van der Waals surface area contributed by atoms with Crippen LogP contribution in [0.25, 0.3) is 0 Å². The van der Waals surface area contributed by atoms with E-state index < -0.39 is 22.5 Å². The van der Waals surface area contributed by atoms with Gasteiger partial charge in [0.1, 0.15) is 18.9 Å². The van der Waals surface area contributed by atoms with Crippen molar-refractivity contribution in [2.75, 3.05) is 25.1 Å². The van der Waals surface area contributed by atoms with E-state index in [-0.39, 0.29) is 17.2 Å². The molecule has 0 atom stereocenters. The van der Waals surface area contributed by atoms with Crippen LogP contribution in [0.15, 0.2) is 105 Å². The Balaban J connectivity index is 1.50. The molecule has 42 heavy (non-hydrogen) atoms. The van der Waals surface area contributed by atoms with Crippen molar-refractivity contribution < 1.29 is 27.4 Å². The number of carbonyl (C=O) groups is 1. The summed E-state index contributed by atoms with van der Waals surface area (Å²) in [7, 11) is -1.10. The summed E-state index contributed by atoms with van der Waals surface area (Å²) in [6.45, 7) is -0.294. The fraction of sp³-hybridized carbons (Fsp3) is 0.133. The standard InChI is InChI=1S/C30H27BrClN3O6S/c1-39-24-11-8-10-23(17-24)35(42(37,38)25-12-4-3-5-13-25)19-29(36)34-33-18-21-15-26(31)30(28(16-21)40-2)41-20-22-9-6-7-14-27(22)32/h3-18H,19-20H2,1-2H3,(H,34,36)/b33-18-. The number of methoxy groups -OCH3 is 2. The molecule has 0 aliphatic heterocycles. The molecule has 4 aromatic rings. The molecule has 0 aliphatic carbocycles. The zero-order valence-electron chi connectivity index (χ0n) is 22.7. The maximum Gasteiger partial charge on any atom is 0.264 e. The number of sulfonamides is 1. The first-order chi connectivity index (χ1) is 20.2. The molecular formula is C30H27BrClN3O6S. The van der Waals surface area contributed by atoms with Gasteiger partial charge in [-0.25, -0.2) is 13.8 Å². The molecule has 4 rings (SSSR count). The summed E-state index contributed by atoms with van der Waals surface area (Å²) in [5.41, 5.74) is 4.07. The van der Waals surface area contributed by atoms with E-state index in [1.807, 2.05) is 18.2 Å². The summed E-state index contributed by atoms with van der Waals surface area (Å²) >= 11 is 9.73. The number of nitrogens with one attached hydrogen (secondary N) is 1. The van der Waals surface area contributed by atoms with E-state index >= 15 is 0 Å².